The first-order chi connectivity index (χ1) is 13.7. The molecule has 1 aliphatic carbocycles. The number of ether oxygens (including phenoxy) is 1. The standard InChI is InChI=1S/C20H24N4O3S/c25-18(22-11-15-3-2-10-27-15)13-28-19-16-4-1-5-17(16)24(20(26)23-19)12-14-6-8-21-9-7-14/h6-9,15H,1-5,10-13H2,(H,22,25). The van der Waals surface area contributed by atoms with Crippen LogP contribution in [0.25, 0.3) is 0 Å². The third-order valence-electron chi connectivity index (χ3n) is 5.18. The minimum absolute atomic E-state index is 0.0463. The van der Waals surface area contributed by atoms with E-state index in [1.165, 1.54) is 11.8 Å². The van der Waals surface area contributed by atoms with Crippen molar-refractivity contribution in [2.75, 3.05) is 18.9 Å². The Balaban J connectivity index is 1.43. The number of thioether (sulfide) groups is 1. The van der Waals surface area contributed by atoms with E-state index in [0.717, 1.165) is 55.5 Å². The molecule has 1 N–H and O–H groups in total. The highest BCUT2D eigenvalue weighted by Crippen LogP contribution is 2.29. The van der Waals surface area contributed by atoms with Gasteiger partial charge in [-0.3, -0.25) is 14.3 Å². The summed E-state index contributed by atoms with van der Waals surface area (Å²) in [5, 5.41) is 3.62. The number of hydrogen-bond acceptors (Lipinski definition) is 6. The Hall–Kier alpha value is -2.19. The van der Waals surface area contributed by atoms with Crippen LogP contribution in [0.1, 0.15) is 36.1 Å². The molecule has 1 saturated heterocycles. The highest BCUT2D eigenvalue weighted by molar-refractivity contribution is 7.99. The Labute approximate surface area is 167 Å². The van der Waals surface area contributed by atoms with Crippen LogP contribution in [0, 0.1) is 0 Å². The Bertz CT molecular complexity index is 894. The van der Waals surface area contributed by atoms with Gasteiger partial charge in [-0.2, -0.15) is 4.98 Å². The van der Waals surface area contributed by atoms with Crippen LogP contribution in [0.4, 0.5) is 0 Å². The van der Waals surface area contributed by atoms with Crippen molar-refractivity contribution in [1.29, 1.82) is 0 Å². The molecule has 3 heterocycles. The van der Waals surface area contributed by atoms with Crippen molar-refractivity contribution < 1.29 is 9.53 Å². The van der Waals surface area contributed by atoms with E-state index in [1.54, 1.807) is 17.0 Å². The van der Waals surface area contributed by atoms with Crippen LogP contribution in [0.3, 0.4) is 0 Å². The second-order valence-corrected chi connectivity index (χ2v) is 8.11. The molecule has 8 heteroatoms. The average molecular weight is 401 g/mol. The van der Waals surface area contributed by atoms with Gasteiger partial charge in [-0.05, 0) is 49.8 Å². The topological polar surface area (TPSA) is 86.1 Å². The molecule has 0 spiro atoms. The van der Waals surface area contributed by atoms with Gasteiger partial charge in [0.2, 0.25) is 5.91 Å². The SMILES string of the molecule is O=C(CSc1nc(=O)n(Cc2ccncc2)c2c1CCC2)NCC1CCCO1. The first-order valence-corrected chi connectivity index (χ1v) is 10.7. The van der Waals surface area contributed by atoms with E-state index < -0.39 is 0 Å². The van der Waals surface area contributed by atoms with Gasteiger partial charge < -0.3 is 10.1 Å². The molecule has 0 radical (unpaired) electrons. The number of amides is 1. The molecule has 0 aromatic carbocycles. The molecule has 0 bridgehead atoms. The number of rotatable bonds is 7. The van der Waals surface area contributed by atoms with Crippen LogP contribution < -0.4 is 11.0 Å². The lowest BCUT2D eigenvalue weighted by Gasteiger charge is -2.14. The molecule has 7 nitrogen and oxygen atoms in total. The Morgan fingerprint density at radius 1 is 1.29 bits per heavy atom. The van der Waals surface area contributed by atoms with Gasteiger partial charge in [-0.1, -0.05) is 11.8 Å². The van der Waals surface area contributed by atoms with Crippen LogP contribution in [-0.2, 0) is 28.9 Å². The number of hydrogen-bond donors (Lipinski definition) is 1. The highest BCUT2D eigenvalue weighted by atomic mass is 32.2. The predicted octanol–water partition coefficient (Wildman–Crippen LogP) is 1.56. The largest absolute Gasteiger partial charge is 0.376 e. The summed E-state index contributed by atoms with van der Waals surface area (Å²) in [4.78, 5) is 33.1. The normalized spacial score (nSPS) is 18.2. The fourth-order valence-electron chi connectivity index (χ4n) is 3.76. The van der Waals surface area contributed by atoms with E-state index in [2.05, 4.69) is 15.3 Å². The van der Waals surface area contributed by atoms with E-state index in [-0.39, 0.29) is 23.5 Å². The molecule has 2 aliphatic rings. The summed E-state index contributed by atoms with van der Waals surface area (Å²) in [7, 11) is 0. The van der Waals surface area contributed by atoms with E-state index >= 15 is 0 Å². The van der Waals surface area contributed by atoms with Crippen LogP contribution in [0.5, 0.6) is 0 Å². The lowest BCUT2D eigenvalue weighted by atomic mass is 10.2. The molecule has 4 rings (SSSR count). The van der Waals surface area contributed by atoms with Crippen molar-refractivity contribution in [3.8, 4) is 0 Å². The zero-order chi connectivity index (χ0) is 19.3. The lowest BCUT2D eigenvalue weighted by molar-refractivity contribution is -0.119. The van der Waals surface area contributed by atoms with Crippen LogP contribution in [0.15, 0.2) is 34.3 Å². The number of nitrogens with zero attached hydrogens (tertiary/aromatic N) is 3. The van der Waals surface area contributed by atoms with Gasteiger partial charge in [0, 0.05) is 36.8 Å². The maximum Gasteiger partial charge on any atom is 0.349 e. The number of carbonyl (C=O) groups excluding carboxylic acids is 1. The number of pyridine rings is 1. The monoisotopic (exact) mass is 400 g/mol. The fourth-order valence-corrected chi connectivity index (χ4v) is 4.66. The second kappa shape index (κ2) is 8.87. The van der Waals surface area contributed by atoms with Gasteiger partial charge in [-0.25, -0.2) is 4.79 Å². The molecular weight excluding hydrogens is 376 g/mol. The smallest absolute Gasteiger partial charge is 0.349 e. The van der Waals surface area contributed by atoms with Crippen molar-refractivity contribution in [2.24, 2.45) is 0 Å². The van der Waals surface area contributed by atoms with Crippen molar-refractivity contribution in [3.63, 3.8) is 0 Å². The highest BCUT2D eigenvalue weighted by Gasteiger charge is 2.23. The quantitative estimate of drug-likeness (QED) is 0.561. The number of fused-ring (bicyclic) bond motifs is 1. The summed E-state index contributed by atoms with van der Waals surface area (Å²) in [6.07, 6.45) is 8.43. The number of aromatic nitrogens is 3. The van der Waals surface area contributed by atoms with Crippen molar-refractivity contribution in [2.45, 2.75) is 49.8 Å². The molecule has 2 aromatic rings. The van der Waals surface area contributed by atoms with Crippen LogP contribution in [-0.4, -0.2) is 45.5 Å². The summed E-state index contributed by atoms with van der Waals surface area (Å²) in [5.74, 6) is 0.218. The van der Waals surface area contributed by atoms with Gasteiger partial charge in [-0.15, -0.1) is 0 Å². The summed E-state index contributed by atoms with van der Waals surface area (Å²) in [5.41, 5.74) is 2.95. The first kappa shape index (κ1) is 19.1. The van der Waals surface area contributed by atoms with Gasteiger partial charge in [0.25, 0.3) is 0 Å². The average Bonchev–Trinajstić information content (AvgIpc) is 3.40. The minimum atomic E-state index is -0.250. The second-order valence-electron chi connectivity index (χ2n) is 7.15. The third kappa shape index (κ3) is 4.44. The first-order valence-electron chi connectivity index (χ1n) is 9.73. The van der Waals surface area contributed by atoms with Crippen LogP contribution in [0.2, 0.25) is 0 Å². The molecule has 1 atom stereocenters. The van der Waals surface area contributed by atoms with E-state index in [0.29, 0.717) is 18.1 Å². The predicted molar refractivity (Wildman–Crippen MR) is 107 cm³/mol. The lowest BCUT2D eigenvalue weighted by Crippen LogP contribution is -2.33. The molecule has 1 amide bonds. The van der Waals surface area contributed by atoms with Gasteiger partial charge in [0.1, 0.15) is 5.03 Å². The van der Waals surface area contributed by atoms with Gasteiger partial charge in [0.15, 0.2) is 0 Å². The molecule has 0 saturated carbocycles. The number of nitrogens with one attached hydrogen (secondary N) is 1. The molecule has 2 aromatic heterocycles. The van der Waals surface area contributed by atoms with E-state index in [1.807, 2.05) is 12.1 Å². The molecule has 1 aliphatic heterocycles. The number of carbonyl (C=O) groups is 1. The maximum atomic E-state index is 12.7. The fraction of sp³-hybridized carbons (Fsp3) is 0.500. The third-order valence-corrected chi connectivity index (χ3v) is 6.20. The summed E-state index contributed by atoms with van der Waals surface area (Å²) in [6.45, 7) is 1.84. The van der Waals surface area contributed by atoms with Gasteiger partial charge in [0.05, 0.1) is 18.4 Å². The zero-order valence-electron chi connectivity index (χ0n) is 15.7. The Morgan fingerprint density at radius 2 is 2.14 bits per heavy atom. The van der Waals surface area contributed by atoms with Crippen molar-refractivity contribution in [3.05, 3.63) is 51.8 Å². The Morgan fingerprint density at radius 3 is 2.93 bits per heavy atom. The molecular formula is C20H24N4O3S. The van der Waals surface area contributed by atoms with Crippen molar-refractivity contribution >= 4 is 17.7 Å². The van der Waals surface area contributed by atoms with Gasteiger partial charge >= 0.3 is 5.69 Å². The molecule has 148 valence electrons. The summed E-state index contributed by atoms with van der Waals surface area (Å²) in [6, 6.07) is 3.82. The van der Waals surface area contributed by atoms with Crippen molar-refractivity contribution in [1.82, 2.24) is 19.9 Å². The minimum Gasteiger partial charge on any atom is -0.376 e. The Kier molecular flexibility index (Phi) is 6.07. The molecule has 1 unspecified atom stereocenters. The van der Waals surface area contributed by atoms with E-state index in [9.17, 15) is 9.59 Å². The summed E-state index contributed by atoms with van der Waals surface area (Å²) >= 11 is 1.36. The van der Waals surface area contributed by atoms with E-state index in [4.69, 9.17) is 4.74 Å². The molecule has 1 fully saturated rings. The maximum absolute atomic E-state index is 12.7. The van der Waals surface area contributed by atoms with Crippen LogP contribution >= 0.6 is 11.8 Å². The zero-order valence-corrected chi connectivity index (χ0v) is 16.5. The summed E-state index contributed by atoms with van der Waals surface area (Å²) < 4.78 is 7.29. The molecule has 28 heavy (non-hydrogen) atoms.